The zero-order valence-electron chi connectivity index (χ0n) is 12.1. The third kappa shape index (κ3) is 3.55. The number of hydrogen-bond donors (Lipinski definition) is 1. The number of nitriles is 1. The predicted octanol–water partition coefficient (Wildman–Crippen LogP) is 4.68. The maximum Gasteiger partial charge on any atom is 0.227 e. The van der Waals surface area contributed by atoms with Crippen LogP contribution in [0.3, 0.4) is 0 Å². The van der Waals surface area contributed by atoms with Crippen molar-refractivity contribution in [3.8, 4) is 17.6 Å². The quantitative estimate of drug-likeness (QED) is 0.299. The van der Waals surface area contributed by atoms with Crippen LogP contribution in [0.15, 0.2) is 56.3 Å². The first-order chi connectivity index (χ1) is 11.2. The molecule has 1 heterocycles. The molecule has 3 rings (SSSR count). The van der Waals surface area contributed by atoms with Crippen molar-refractivity contribution in [2.75, 3.05) is 6.26 Å². The first-order valence-corrected chi connectivity index (χ1v) is 8.65. The number of amidine groups is 1. The molecule has 3 aromatic rings. The molecule has 7 heteroatoms. The van der Waals surface area contributed by atoms with E-state index in [1.54, 1.807) is 0 Å². The summed E-state index contributed by atoms with van der Waals surface area (Å²) in [6.07, 6.45) is 3.72. The fourth-order valence-corrected chi connectivity index (χ4v) is 2.76. The summed E-state index contributed by atoms with van der Waals surface area (Å²) < 4.78 is 6.76. The van der Waals surface area contributed by atoms with Gasteiger partial charge in [0.15, 0.2) is 16.9 Å². The molecule has 0 fully saturated rings. The molecule has 0 unspecified atom stereocenters. The van der Waals surface area contributed by atoms with Gasteiger partial charge in [0.05, 0.1) is 5.69 Å². The minimum atomic E-state index is 0.530. The number of aromatic nitrogens is 1. The summed E-state index contributed by atoms with van der Waals surface area (Å²) in [6.45, 7) is 0. The van der Waals surface area contributed by atoms with Crippen LogP contribution in [0.1, 0.15) is 0 Å². The van der Waals surface area contributed by atoms with Crippen LogP contribution in [0.5, 0.6) is 0 Å². The average Bonchev–Trinajstić information content (AvgIpc) is 2.97. The van der Waals surface area contributed by atoms with Crippen molar-refractivity contribution in [3.63, 3.8) is 0 Å². The van der Waals surface area contributed by atoms with Gasteiger partial charge in [-0.2, -0.15) is 5.26 Å². The lowest BCUT2D eigenvalue weighted by Gasteiger charge is -1.98. The number of rotatable bonds is 2. The van der Waals surface area contributed by atoms with Gasteiger partial charge in [0.2, 0.25) is 5.89 Å². The van der Waals surface area contributed by atoms with E-state index in [-0.39, 0.29) is 0 Å². The Hall–Kier alpha value is -2.30. The monoisotopic (exact) mass is 386 g/mol. The van der Waals surface area contributed by atoms with Crippen molar-refractivity contribution < 1.29 is 4.42 Å². The second-order valence-electron chi connectivity index (χ2n) is 4.54. The molecule has 0 aliphatic heterocycles. The highest BCUT2D eigenvalue weighted by atomic mass is 79.9. The van der Waals surface area contributed by atoms with Crippen LogP contribution in [0, 0.1) is 11.5 Å². The summed E-state index contributed by atoms with van der Waals surface area (Å²) in [6, 6.07) is 13.3. The molecular formula is C16H11BrN4OS. The first-order valence-electron chi connectivity index (χ1n) is 6.64. The fourth-order valence-electron chi connectivity index (χ4n) is 2.02. The van der Waals surface area contributed by atoms with E-state index in [1.807, 2.05) is 54.9 Å². The van der Waals surface area contributed by atoms with Crippen LogP contribution < -0.4 is 5.32 Å². The average molecular weight is 387 g/mol. The highest BCUT2D eigenvalue weighted by Crippen LogP contribution is 2.28. The van der Waals surface area contributed by atoms with Gasteiger partial charge < -0.3 is 4.42 Å². The standard InChI is InChI=1S/C16H11BrN4OS/c1-23-16(19-9-18)20-12-5-6-14-13(8-12)21-15(22-14)10-3-2-4-11(17)7-10/h2-8H,1H3,(H,19,20). The minimum absolute atomic E-state index is 0.530. The molecule has 2 aromatic carbocycles. The molecule has 0 aliphatic rings. The molecular weight excluding hydrogens is 376 g/mol. The highest BCUT2D eigenvalue weighted by Gasteiger charge is 2.09. The number of nitrogens with one attached hydrogen (secondary N) is 1. The van der Waals surface area contributed by atoms with Gasteiger partial charge in [0, 0.05) is 10.0 Å². The fraction of sp³-hybridized carbons (Fsp3) is 0.0625. The van der Waals surface area contributed by atoms with Crippen LogP contribution in [-0.2, 0) is 0 Å². The normalized spacial score (nSPS) is 11.4. The van der Waals surface area contributed by atoms with Crippen molar-refractivity contribution in [3.05, 3.63) is 46.9 Å². The Morgan fingerprint density at radius 2 is 2.22 bits per heavy atom. The van der Waals surface area contributed by atoms with E-state index >= 15 is 0 Å². The van der Waals surface area contributed by atoms with Crippen molar-refractivity contribution >= 4 is 49.6 Å². The molecule has 0 atom stereocenters. The lowest BCUT2D eigenvalue weighted by Crippen LogP contribution is -2.12. The topological polar surface area (TPSA) is 74.2 Å². The smallest absolute Gasteiger partial charge is 0.227 e. The van der Waals surface area contributed by atoms with Gasteiger partial charge in [-0.25, -0.2) is 9.98 Å². The number of halogens is 1. The molecule has 0 saturated heterocycles. The maximum atomic E-state index is 8.68. The Morgan fingerprint density at radius 1 is 1.35 bits per heavy atom. The summed E-state index contributed by atoms with van der Waals surface area (Å²) in [4.78, 5) is 8.88. The van der Waals surface area contributed by atoms with E-state index in [9.17, 15) is 0 Å². The summed E-state index contributed by atoms with van der Waals surface area (Å²) in [7, 11) is 0. The van der Waals surface area contributed by atoms with Gasteiger partial charge in [0.1, 0.15) is 5.52 Å². The zero-order valence-corrected chi connectivity index (χ0v) is 14.5. The molecule has 0 spiro atoms. The van der Waals surface area contributed by atoms with E-state index in [4.69, 9.17) is 9.68 Å². The maximum absolute atomic E-state index is 8.68. The Morgan fingerprint density at radius 3 is 2.96 bits per heavy atom. The molecule has 23 heavy (non-hydrogen) atoms. The molecule has 1 aromatic heterocycles. The molecule has 5 nitrogen and oxygen atoms in total. The summed E-state index contributed by atoms with van der Waals surface area (Å²) in [5.74, 6) is 0.558. The number of oxazole rings is 1. The highest BCUT2D eigenvalue weighted by molar-refractivity contribution is 9.10. The van der Waals surface area contributed by atoms with Crippen LogP contribution >= 0.6 is 27.7 Å². The van der Waals surface area contributed by atoms with Crippen molar-refractivity contribution in [1.82, 2.24) is 10.3 Å². The predicted molar refractivity (Wildman–Crippen MR) is 96.5 cm³/mol. The summed E-state index contributed by atoms with van der Waals surface area (Å²) >= 11 is 4.81. The lowest BCUT2D eigenvalue weighted by molar-refractivity contribution is 0.620. The number of fused-ring (bicyclic) bond motifs is 1. The van der Waals surface area contributed by atoms with Crippen molar-refractivity contribution in [2.45, 2.75) is 0 Å². The number of nitrogens with zero attached hydrogens (tertiary/aromatic N) is 3. The molecule has 0 aliphatic carbocycles. The SMILES string of the molecule is CSC(=Nc1ccc2oc(-c3cccc(Br)c3)nc2c1)NC#N. The van der Waals surface area contributed by atoms with E-state index < -0.39 is 0 Å². The third-order valence-electron chi connectivity index (χ3n) is 3.03. The molecule has 0 bridgehead atoms. The third-order valence-corrected chi connectivity index (χ3v) is 4.10. The summed E-state index contributed by atoms with van der Waals surface area (Å²) in [5, 5.41) is 11.7. The van der Waals surface area contributed by atoms with Crippen LogP contribution in [0.25, 0.3) is 22.6 Å². The van der Waals surface area contributed by atoms with Crippen LogP contribution in [0.4, 0.5) is 5.69 Å². The summed E-state index contributed by atoms with van der Waals surface area (Å²) in [5.41, 5.74) is 3.02. The second kappa shape index (κ2) is 6.86. The van der Waals surface area contributed by atoms with Gasteiger partial charge in [-0.3, -0.25) is 5.32 Å². The van der Waals surface area contributed by atoms with Gasteiger partial charge in [-0.1, -0.05) is 33.8 Å². The van der Waals surface area contributed by atoms with E-state index in [0.717, 1.165) is 15.6 Å². The number of thioether (sulfide) groups is 1. The Kier molecular flexibility index (Phi) is 4.65. The van der Waals surface area contributed by atoms with Crippen LogP contribution in [0.2, 0.25) is 0 Å². The van der Waals surface area contributed by atoms with E-state index in [2.05, 4.69) is 31.2 Å². The van der Waals surface area contributed by atoms with Crippen LogP contribution in [-0.4, -0.2) is 16.4 Å². The first kappa shape index (κ1) is 15.6. The minimum Gasteiger partial charge on any atom is -0.436 e. The van der Waals surface area contributed by atoms with Gasteiger partial charge >= 0.3 is 0 Å². The number of aliphatic imine (C=N–C) groups is 1. The number of hydrogen-bond acceptors (Lipinski definition) is 5. The van der Waals surface area contributed by atoms with Crippen molar-refractivity contribution in [1.29, 1.82) is 5.26 Å². The number of benzene rings is 2. The van der Waals surface area contributed by atoms with Gasteiger partial charge in [0.25, 0.3) is 0 Å². The zero-order chi connectivity index (χ0) is 16.2. The van der Waals surface area contributed by atoms with Gasteiger partial charge in [-0.05, 0) is 42.7 Å². The molecule has 0 amide bonds. The molecule has 0 radical (unpaired) electrons. The van der Waals surface area contributed by atoms with Crippen molar-refractivity contribution in [2.24, 2.45) is 4.99 Å². The van der Waals surface area contributed by atoms with Gasteiger partial charge in [-0.15, -0.1) is 0 Å². The van der Waals surface area contributed by atoms with E-state index in [0.29, 0.717) is 22.3 Å². The lowest BCUT2D eigenvalue weighted by atomic mass is 10.2. The Balaban J connectivity index is 2.00. The Bertz CT molecular complexity index is 929. The molecule has 114 valence electrons. The molecule has 1 N–H and O–H groups in total. The largest absolute Gasteiger partial charge is 0.436 e. The van der Waals surface area contributed by atoms with E-state index in [1.165, 1.54) is 11.8 Å². The second-order valence-corrected chi connectivity index (χ2v) is 6.25. The molecule has 0 saturated carbocycles. The Labute approximate surface area is 145 Å².